The Balaban J connectivity index is 2.16. The summed E-state index contributed by atoms with van der Waals surface area (Å²) in [6, 6.07) is 14.1. The van der Waals surface area contributed by atoms with Crippen LogP contribution in [0.2, 0.25) is 0 Å². The van der Waals surface area contributed by atoms with Crippen molar-refractivity contribution < 1.29 is 14.3 Å². The molecule has 0 aliphatic carbocycles. The number of hydrogen-bond donors (Lipinski definition) is 1. The SMILES string of the molecule is CCCc1ccc(C(=O)OC(C(N)=O)c2cccc(Br)c2)cc1. The molecule has 2 aromatic carbocycles. The first-order valence-electron chi connectivity index (χ1n) is 7.36. The number of rotatable bonds is 6. The maximum absolute atomic E-state index is 12.2. The summed E-state index contributed by atoms with van der Waals surface area (Å²) in [4.78, 5) is 23.9. The van der Waals surface area contributed by atoms with Crippen LogP contribution in [-0.2, 0) is 16.0 Å². The molecule has 1 atom stereocenters. The summed E-state index contributed by atoms with van der Waals surface area (Å²) in [6.07, 6.45) is 0.878. The van der Waals surface area contributed by atoms with Crippen molar-refractivity contribution in [3.05, 3.63) is 69.7 Å². The molecule has 0 fully saturated rings. The van der Waals surface area contributed by atoms with Crippen LogP contribution in [0.4, 0.5) is 0 Å². The third kappa shape index (κ3) is 4.66. The average Bonchev–Trinajstić information content (AvgIpc) is 2.53. The highest BCUT2D eigenvalue weighted by Gasteiger charge is 2.23. The molecule has 2 aromatic rings. The second-order valence-electron chi connectivity index (χ2n) is 5.19. The highest BCUT2D eigenvalue weighted by atomic mass is 79.9. The number of benzene rings is 2. The Bertz CT molecular complexity index is 698. The van der Waals surface area contributed by atoms with Crippen LogP contribution in [0.25, 0.3) is 0 Å². The average molecular weight is 376 g/mol. The van der Waals surface area contributed by atoms with E-state index in [4.69, 9.17) is 10.5 Å². The van der Waals surface area contributed by atoms with Gasteiger partial charge >= 0.3 is 5.97 Å². The Morgan fingerprint density at radius 3 is 2.43 bits per heavy atom. The van der Waals surface area contributed by atoms with E-state index in [1.54, 1.807) is 30.3 Å². The van der Waals surface area contributed by atoms with Crippen LogP contribution in [0, 0.1) is 0 Å². The number of hydrogen-bond acceptors (Lipinski definition) is 3. The number of nitrogens with two attached hydrogens (primary N) is 1. The van der Waals surface area contributed by atoms with Crippen LogP contribution < -0.4 is 5.73 Å². The van der Waals surface area contributed by atoms with Gasteiger partial charge in [-0.15, -0.1) is 0 Å². The van der Waals surface area contributed by atoms with Gasteiger partial charge in [0, 0.05) is 10.0 Å². The van der Waals surface area contributed by atoms with Gasteiger partial charge < -0.3 is 10.5 Å². The lowest BCUT2D eigenvalue weighted by atomic mass is 10.1. The summed E-state index contributed by atoms with van der Waals surface area (Å²) in [5.74, 6) is -1.28. The van der Waals surface area contributed by atoms with Gasteiger partial charge in [0.25, 0.3) is 5.91 Å². The van der Waals surface area contributed by atoms with Gasteiger partial charge in [-0.2, -0.15) is 0 Å². The van der Waals surface area contributed by atoms with Gasteiger partial charge in [0.2, 0.25) is 6.10 Å². The number of primary amides is 1. The molecule has 2 rings (SSSR count). The number of amides is 1. The van der Waals surface area contributed by atoms with Crippen molar-refractivity contribution in [3.63, 3.8) is 0 Å². The Labute approximate surface area is 143 Å². The minimum absolute atomic E-state index is 0.395. The van der Waals surface area contributed by atoms with E-state index in [-0.39, 0.29) is 0 Å². The number of carbonyl (C=O) groups excluding carboxylic acids is 2. The molecular formula is C18H18BrNO3. The number of carbonyl (C=O) groups is 2. The van der Waals surface area contributed by atoms with E-state index in [1.807, 2.05) is 18.2 Å². The van der Waals surface area contributed by atoms with Crippen molar-refractivity contribution in [2.75, 3.05) is 0 Å². The predicted molar refractivity (Wildman–Crippen MR) is 91.9 cm³/mol. The summed E-state index contributed by atoms with van der Waals surface area (Å²) < 4.78 is 6.08. The molecule has 0 heterocycles. The third-order valence-corrected chi connectivity index (χ3v) is 3.86. The number of esters is 1. The molecule has 120 valence electrons. The van der Waals surface area contributed by atoms with E-state index >= 15 is 0 Å². The molecule has 0 saturated carbocycles. The molecule has 0 aliphatic rings. The Kier molecular flexibility index (Phi) is 5.93. The fraction of sp³-hybridized carbons (Fsp3) is 0.222. The summed E-state index contributed by atoms with van der Waals surface area (Å²) in [5, 5.41) is 0. The zero-order valence-corrected chi connectivity index (χ0v) is 14.4. The van der Waals surface area contributed by atoms with Crippen molar-refractivity contribution in [2.24, 2.45) is 5.73 Å². The first-order chi connectivity index (χ1) is 11.0. The molecule has 0 spiro atoms. The van der Waals surface area contributed by atoms with Crippen LogP contribution in [0.5, 0.6) is 0 Å². The lowest BCUT2D eigenvalue weighted by molar-refractivity contribution is -0.127. The quantitative estimate of drug-likeness (QED) is 0.780. The molecule has 0 aromatic heterocycles. The highest BCUT2D eigenvalue weighted by Crippen LogP contribution is 2.22. The van der Waals surface area contributed by atoms with Gasteiger partial charge in [0.15, 0.2) is 0 Å². The smallest absolute Gasteiger partial charge is 0.339 e. The van der Waals surface area contributed by atoms with Crippen LogP contribution in [0.1, 0.15) is 40.9 Å². The monoisotopic (exact) mass is 375 g/mol. The van der Waals surface area contributed by atoms with E-state index in [2.05, 4.69) is 22.9 Å². The minimum Gasteiger partial charge on any atom is -0.444 e. The van der Waals surface area contributed by atoms with Crippen LogP contribution in [-0.4, -0.2) is 11.9 Å². The molecule has 0 bridgehead atoms. The first kappa shape index (κ1) is 17.2. The fourth-order valence-corrected chi connectivity index (χ4v) is 2.65. The Morgan fingerprint density at radius 2 is 1.87 bits per heavy atom. The van der Waals surface area contributed by atoms with Gasteiger partial charge in [0.05, 0.1) is 5.56 Å². The molecular weight excluding hydrogens is 358 g/mol. The first-order valence-corrected chi connectivity index (χ1v) is 8.15. The number of ether oxygens (including phenoxy) is 1. The molecule has 0 saturated heterocycles. The second-order valence-corrected chi connectivity index (χ2v) is 6.11. The second kappa shape index (κ2) is 7.92. The van der Waals surface area contributed by atoms with Crippen molar-refractivity contribution >= 4 is 27.8 Å². The Morgan fingerprint density at radius 1 is 1.17 bits per heavy atom. The lowest BCUT2D eigenvalue weighted by Crippen LogP contribution is -2.26. The van der Waals surface area contributed by atoms with E-state index in [9.17, 15) is 9.59 Å². The third-order valence-electron chi connectivity index (χ3n) is 3.36. The van der Waals surface area contributed by atoms with Crippen LogP contribution in [0.3, 0.4) is 0 Å². The maximum atomic E-state index is 12.2. The highest BCUT2D eigenvalue weighted by molar-refractivity contribution is 9.10. The van der Waals surface area contributed by atoms with Crippen LogP contribution in [0.15, 0.2) is 53.0 Å². The van der Waals surface area contributed by atoms with Crippen molar-refractivity contribution in [1.82, 2.24) is 0 Å². The number of aryl methyl sites for hydroxylation is 1. The van der Waals surface area contributed by atoms with Crippen molar-refractivity contribution in [2.45, 2.75) is 25.9 Å². The normalized spacial score (nSPS) is 11.7. The van der Waals surface area contributed by atoms with E-state index in [0.717, 1.165) is 22.9 Å². The molecule has 5 heteroatoms. The fourth-order valence-electron chi connectivity index (χ4n) is 2.23. The van der Waals surface area contributed by atoms with Gasteiger partial charge in [-0.25, -0.2) is 4.79 Å². The topological polar surface area (TPSA) is 69.4 Å². The molecule has 2 N–H and O–H groups in total. The van der Waals surface area contributed by atoms with Gasteiger partial charge in [-0.3, -0.25) is 4.79 Å². The predicted octanol–water partition coefficient (Wildman–Crippen LogP) is 3.79. The van der Waals surface area contributed by atoms with Gasteiger partial charge in [0.1, 0.15) is 0 Å². The maximum Gasteiger partial charge on any atom is 0.339 e. The van der Waals surface area contributed by atoms with Gasteiger partial charge in [-0.1, -0.05) is 53.5 Å². The van der Waals surface area contributed by atoms with Crippen molar-refractivity contribution in [1.29, 1.82) is 0 Å². The molecule has 23 heavy (non-hydrogen) atoms. The summed E-state index contributed by atoms with van der Waals surface area (Å²) in [5.41, 5.74) is 7.46. The largest absolute Gasteiger partial charge is 0.444 e. The standard InChI is InChI=1S/C18H18BrNO3/c1-2-4-12-7-9-13(10-8-12)18(22)23-16(17(20)21)14-5-3-6-15(19)11-14/h3,5-11,16H,2,4H2,1H3,(H2,20,21). The Hall–Kier alpha value is -2.14. The van der Waals surface area contributed by atoms with Crippen LogP contribution >= 0.6 is 15.9 Å². The van der Waals surface area contributed by atoms with Gasteiger partial charge in [-0.05, 0) is 36.2 Å². The summed E-state index contributed by atoms with van der Waals surface area (Å²) in [6.45, 7) is 2.09. The zero-order valence-electron chi connectivity index (χ0n) is 12.8. The molecule has 4 nitrogen and oxygen atoms in total. The number of halogens is 1. The molecule has 1 unspecified atom stereocenters. The molecule has 0 aliphatic heterocycles. The van der Waals surface area contributed by atoms with E-state index < -0.39 is 18.0 Å². The van der Waals surface area contributed by atoms with Crippen molar-refractivity contribution in [3.8, 4) is 0 Å². The summed E-state index contributed by atoms with van der Waals surface area (Å²) in [7, 11) is 0. The summed E-state index contributed by atoms with van der Waals surface area (Å²) >= 11 is 3.32. The zero-order chi connectivity index (χ0) is 16.8. The molecule has 0 radical (unpaired) electrons. The van der Waals surface area contributed by atoms with E-state index in [1.165, 1.54) is 0 Å². The van der Waals surface area contributed by atoms with E-state index in [0.29, 0.717) is 11.1 Å². The minimum atomic E-state index is -1.12. The molecule has 1 amide bonds. The lowest BCUT2D eigenvalue weighted by Gasteiger charge is -2.15.